The quantitative estimate of drug-likeness (QED) is 0.734. The molecule has 1 atom stereocenters. The summed E-state index contributed by atoms with van der Waals surface area (Å²) in [5.74, 6) is -0.436. The summed E-state index contributed by atoms with van der Waals surface area (Å²) < 4.78 is 30.6. The van der Waals surface area contributed by atoms with E-state index in [0.717, 1.165) is 11.1 Å². The van der Waals surface area contributed by atoms with Crippen molar-refractivity contribution >= 4 is 16.0 Å². The zero-order valence-electron chi connectivity index (χ0n) is 16.2. The summed E-state index contributed by atoms with van der Waals surface area (Å²) in [7, 11) is -4.04. The summed E-state index contributed by atoms with van der Waals surface area (Å²) in [5, 5.41) is 2.81. The molecule has 2 aromatic carbocycles. The van der Waals surface area contributed by atoms with Crippen molar-refractivity contribution in [2.45, 2.75) is 57.1 Å². The van der Waals surface area contributed by atoms with Crippen molar-refractivity contribution in [2.24, 2.45) is 0 Å². The van der Waals surface area contributed by atoms with Crippen molar-refractivity contribution in [3.63, 3.8) is 0 Å². The maximum atomic E-state index is 12.6. The molecule has 0 heterocycles. The van der Waals surface area contributed by atoms with Crippen LogP contribution >= 0.6 is 0 Å². The fourth-order valence-corrected chi connectivity index (χ4v) is 3.60. The molecule has 0 saturated carbocycles. The largest absolute Gasteiger partial charge is 0.349 e. The highest BCUT2D eigenvalue weighted by molar-refractivity contribution is 7.86. The lowest BCUT2D eigenvalue weighted by molar-refractivity contribution is -0.129. The molecule has 0 fully saturated rings. The second-order valence-electron chi connectivity index (χ2n) is 7.62. The lowest BCUT2D eigenvalue weighted by Gasteiger charge is -2.25. The summed E-state index contributed by atoms with van der Waals surface area (Å²) in [6.07, 6.45) is -0.306. The molecule has 0 aromatic heterocycles. The summed E-state index contributed by atoms with van der Waals surface area (Å²) in [4.78, 5) is 12.7. The van der Waals surface area contributed by atoms with Gasteiger partial charge >= 0.3 is 0 Å². The number of carbonyl (C=O) groups is 1. The molecule has 146 valence electrons. The van der Waals surface area contributed by atoms with Crippen molar-refractivity contribution in [1.29, 1.82) is 0 Å². The van der Waals surface area contributed by atoms with E-state index in [4.69, 9.17) is 4.18 Å². The summed E-state index contributed by atoms with van der Waals surface area (Å²) >= 11 is 0. The van der Waals surface area contributed by atoms with Crippen molar-refractivity contribution in [3.05, 3.63) is 65.7 Å². The maximum Gasteiger partial charge on any atom is 0.297 e. The van der Waals surface area contributed by atoms with Crippen molar-refractivity contribution in [1.82, 2.24) is 5.32 Å². The molecule has 1 N–H and O–H groups in total. The molecule has 0 aliphatic rings. The first-order valence-corrected chi connectivity index (χ1v) is 10.3. The van der Waals surface area contributed by atoms with E-state index >= 15 is 0 Å². The Kier molecular flexibility index (Phi) is 6.78. The van der Waals surface area contributed by atoms with Crippen LogP contribution in [0.1, 0.15) is 38.3 Å². The minimum atomic E-state index is -4.04. The second-order valence-corrected chi connectivity index (χ2v) is 9.19. The molecule has 0 saturated heterocycles. The van der Waals surface area contributed by atoms with Gasteiger partial charge in [-0.25, -0.2) is 0 Å². The Morgan fingerprint density at radius 3 is 2.19 bits per heavy atom. The molecule has 1 amide bonds. The van der Waals surface area contributed by atoms with E-state index in [1.165, 1.54) is 12.1 Å². The molecule has 0 aliphatic carbocycles. The zero-order chi connectivity index (χ0) is 20.1. The van der Waals surface area contributed by atoms with Gasteiger partial charge < -0.3 is 5.32 Å². The monoisotopic (exact) mass is 389 g/mol. The topological polar surface area (TPSA) is 72.5 Å². The van der Waals surface area contributed by atoms with Gasteiger partial charge in [0.1, 0.15) is 0 Å². The van der Waals surface area contributed by atoms with Crippen LogP contribution in [-0.4, -0.2) is 26.0 Å². The van der Waals surface area contributed by atoms with Crippen LogP contribution in [0.15, 0.2) is 59.5 Å². The van der Waals surface area contributed by atoms with Gasteiger partial charge in [-0.2, -0.15) is 8.42 Å². The molecule has 0 aliphatic heterocycles. The second kappa shape index (κ2) is 8.67. The fraction of sp³-hybridized carbons (Fsp3) is 0.381. The highest BCUT2D eigenvalue weighted by Gasteiger charge is 2.29. The van der Waals surface area contributed by atoms with Crippen LogP contribution < -0.4 is 5.32 Å². The van der Waals surface area contributed by atoms with Crippen LogP contribution in [0.5, 0.6) is 0 Å². The molecule has 2 rings (SSSR count). The predicted molar refractivity (Wildman–Crippen MR) is 106 cm³/mol. The van der Waals surface area contributed by atoms with Crippen LogP contribution in [0.4, 0.5) is 0 Å². The number of amides is 1. The van der Waals surface area contributed by atoms with Gasteiger partial charge in [0, 0.05) is 5.54 Å². The average molecular weight is 390 g/mol. The third kappa shape index (κ3) is 6.81. The third-order valence-electron chi connectivity index (χ3n) is 3.88. The van der Waals surface area contributed by atoms with Crippen LogP contribution in [0, 0.1) is 6.92 Å². The standard InChI is InChI=1S/C21H27NO4S/c1-16-10-13-18(14-11-16)27(24,25)26-19(20(23)22-21(2,3)4)15-12-17-8-6-5-7-9-17/h5-11,13-14,19H,12,15H2,1-4H3,(H,22,23). The van der Waals surface area contributed by atoms with Gasteiger partial charge in [0.2, 0.25) is 0 Å². The molecule has 0 bridgehead atoms. The first kappa shape index (κ1) is 21.1. The first-order chi connectivity index (χ1) is 12.6. The predicted octanol–water partition coefficient (Wildman–Crippen LogP) is 3.62. The Labute approximate surface area is 161 Å². The number of hydrogen-bond acceptors (Lipinski definition) is 4. The van der Waals surface area contributed by atoms with Gasteiger partial charge in [-0.1, -0.05) is 48.0 Å². The van der Waals surface area contributed by atoms with Crippen LogP contribution in [0.25, 0.3) is 0 Å². The van der Waals surface area contributed by atoms with Gasteiger partial charge in [-0.3, -0.25) is 8.98 Å². The molecular weight excluding hydrogens is 362 g/mol. The number of carbonyl (C=O) groups excluding carboxylic acids is 1. The van der Waals surface area contributed by atoms with Crippen molar-refractivity contribution in [2.75, 3.05) is 0 Å². The number of benzene rings is 2. The third-order valence-corrected chi connectivity index (χ3v) is 5.22. The van der Waals surface area contributed by atoms with E-state index in [0.29, 0.717) is 6.42 Å². The summed E-state index contributed by atoms with van der Waals surface area (Å²) in [5.41, 5.74) is 1.47. The molecule has 5 nitrogen and oxygen atoms in total. The molecule has 1 unspecified atom stereocenters. The number of nitrogens with one attached hydrogen (secondary N) is 1. The maximum absolute atomic E-state index is 12.6. The van der Waals surface area contributed by atoms with E-state index in [1.807, 2.05) is 58.0 Å². The van der Waals surface area contributed by atoms with Gasteiger partial charge in [-0.15, -0.1) is 0 Å². The van der Waals surface area contributed by atoms with Crippen LogP contribution in [-0.2, 0) is 25.5 Å². The highest BCUT2D eigenvalue weighted by Crippen LogP contribution is 2.18. The Balaban J connectivity index is 2.19. The first-order valence-electron chi connectivity index (χ1n) is 8.93. The molecule has 0 spiro atoms. The van der Waals surface area contributed by atoms with Crippen LogP contribution in [0.2, 0.25) is 0 Å². The van der Waals surface area contributed by atoms with E-state index in [2.05, 4.69) is 5.32 Å². The van der Waals surface area contributed by atoms with Crippen molar-refractivity contribution < 1.29 is 17.4 Å². The minimum Gasteiger partial charge on any atom is -0.349 e. The Hall–Kier alpha value is -2.18. The van der Waals surface area contributed by atoms with E-state index in [-0.39, 0.29) is 11.3 Å². The van der Waals surface area contributed by atoms with Gasteiger partial charge in [0.25, 0.3) is 16.0 Å². The Morgan fingerprint density at radius 2 is 1.63 bits per heavy atom. The van der Waals surface area contributed by atoms with Crippen LogP contribution in [0.3, 0.4) is 0 Å². The van der Waals surface area contributed by atoms with Gasteiger partial charge in [-0.05, 0) is 58.2 Å². The van der Waals surface area contributed by atoms with E-state index < -0.39 is 27.7 Å². The smallest absolute Gasteiger partial charge is 0.297 e. The lowest BCUT2D eigenvalue weighted by atomic mass is 10.0. The normalized spacial score (nSPS) is 13.2. The molecule has 27 heavy (non-hydrogen) atoms. The zero-order valence-corrected chi connectivity index (χ0v) is 17.0. The highest BCUT2D eigenvalue weighted by atomic mass is 32.2. The molecule has 0 radical (unpaired) electrons. The van der Waals surface area contributed by atoms with Gasteiger partial charge in [0.05, 0.1) is 4.90 Å². The Morgan fingerprint density at radius 1 is 1.04 bits per heavy atom. The lowest BCUT2D eigenvalue weighted by Crippen LogP contribution is -2.47. The molecule has 2 aromatic rings. The summed E-state index contributed by atoms with van der Waals surface area (Å²) in [6.45, 7) is 7.39. The number of rotatable bonds is 7. The minimum absolute atomic E-state index is 0.0429. The van der Waals surface area contributed by atoms with E-state index in [9.17, 15) is 13.2 Å². The number of hydrogen-bond donors (Lipinski definition) is 1. The van der Waals surface area contributed by atoms with E-state index in [1.54, 1.807) is 12.1 Å². The summed E-state index contributed by atoms with van der Waals surface area (Å²) in [6, 6.07) is 16.0. The average Bonchev–Trinajstić information content (AvgIpc) is 2.58. The van der Waals surface area contributed by atoms with Crippen molar-refractivity contribution in [3.8, 4) is 0 Å². The fourth-order valence-electron chi connectivity index (χ4n) is 2.53. The molecular formula is C21H27NO4S. The molecule has 6 heteroatoms. The SMILES string of the molecule is Cc1ccc(S(=O)(=O)OC(CCc2ccccc2)C(=O)NC(C)(C)C)cc1. The number of aryl methyl sites for hydroxylation is 2. The Bertz CT molecular complexity index is 853. The van der Waals surface area contributed by atoms with Gasteiger partial charge in [0.15, 0.2) is 6.10 Å².